The fraction of sp³-hybridized carbons (Fsp3) is 0.238. The number of carbonyl (C=O) groups excluding carboxylic acids is 1. The minimum atomic E-state index is -0.144. The van der Waals surface area contributed by atoms with E-state index in [1.807, 2.05) is 37.3 Å². The number of pyridine rings is 1. The second-order valence-corrected chi connectivity index (χ2v) is 7.24. The van der Waals surface area contributed by atoms with Crippen LogP contribution in [0.2, 0.25) is 5.02 Å². The lowest BCUT2D eigenvalue weighted by molar-refractivity contribution is -0.121. The molecule has 9 heteroatoms. The number of halogens is 1. The van der Waals surface area contributed by atoms with Crippen LogP contribution in [-0.2, 0) is 17.9 Å². The van der Waals surface area contributed by atoms with Crippen LogP contribution in [-0.4, -0.2) is 44.1 Å². The Bertz CT molecular complexity index is 1180. The first kappa shape index (κ1) is 19.9. The monoisotopic (exact) mass is 424 g/mol. The minimum Gasteiger partial charge on any atom is -0.497 e. The van der Waals surface area contributed by atoms with E-state index in [1.165, 1.54) is 0 Å². The summed E-state index contributed by atoms with van der Waals surface area (Å²) in [6.07, 6.45) is 5.01. The summed E-state index contributed by atoms with van der Waals surface area (Å²) < 4.78 is 8.56. The summed E-state index contributed by atoms with van der Waals surface area (Å²) in [6.45, 7) is 2.99. The molecule has 30 heavy (non-hydrogen) atoms. The van der Waals surface area contributed by atoms with Gasteiger partial charge >= 0.3 is 0 Å². The van der Waals surface area contributed by atoms with Gasteiger partial charge in [0.1, 0.15) is 12.3 Å². The van der Waals surface area contributed by atoms with Crippen LogP contribution in [0.4, 0.5) is 0 Å². The first-order valence-corrected chi connectivity index (χ1v) is 9.84. The van der Waals surface area contributed by atoms with Crippen LogP contribution in [0.15, 0.2) is 48.9 Å². The van der Waals surface area contributed by atoms with Crippen molar-refractivity contribution in [3.8, 4) is 16.9 Å². The first-order chi connectivity index (χ1) is 14.5. The third-order valence-corrected chi connectivity index (χ3v) is 4.96. The second kappa shape index (κ2) is 8.54. The van der Waals surface area contributed by atoms with Gasteiger partial charge in [-0.25, -0.2) is 9.67 Å². The summed E-state index contributed by atoms with van der Waals surface area (Å²) in [5.41, 5.74) is 3.55. The highest BCUT2D eigenvalue weighted by atomic mass is 35.5. The number of benzene rings is 1. The van der Waals surface area contributed by atoms with Gasteiger partial charge in [0.2, 0.25) is 5.91 Å². The van der Waals surface area contributed by atoms with Crippen molar-refractivity contribution in [3.63, 3.8) is 0 Å². The van der Waals surface area contributed by atoms with Gasteiger partial charge in [-0.3, -0.25) is 9.48 Å². The summed E-state index contributed by atoms with van der Waals surface area (Å²) in [5, 5.41) is 13.0. The van der Waals surface area contributed by atoms with Gasteiger partial charge in [0.15, 0.2) is 5.65 Å². The molecule has 8 nitrogen and oxygen atoms in total. The van der Waals surface area contributed by atoms with Crippen LogP contribution in [0.25, 0.3) is 22.2 Å². The predicted molar refractivity (Wildman–Crippen MR) is 114 cm³/mol. The van der Waals surface area contributed by atoms with E-state index in [-0.39, 0.29) is 12.5 Å². The summed E-state index contributed by atoms with van der Waals surface area (Å²) in [6, 6.07) is 9.79. The Labute approximate surface area is 178 Å². The fourth-order valence-corrected chi connectivity index (χ4v) is 3.52. The fourth-order valence-electron chi connectivity index (χ4n) is 3.37. The molecule has 0 aliphatic carbocycles. The Kier molecular flexibility index (Phi) is 5.67. The van der Waals surface area contributed by atoms with E-state index in [9.17, 15) is 4.79 Å². The van der Waals surface area contributed by atoms with Crippen LogP contribution < -0.4 is 10.1 Å². The van der Waals surface area contributed by atoms with Crippen LogP contribution in [0, 0.1) is 6.92 Å². The van der Waals surface area contributed by atoms with Gasteiger partial charge in [-0.2, -0.15) is 10.2 Å². The maximum absolute atomic E-state index is 12.4. The molecule has 1 N–H and O–H groups in total. The number of hydrogen-bond acceptors (Lipinski definition) is 5. The van der Waals surface area contributed by atoms with Crippen molar-refractivity contribution in [2.24, 2.45) is 0 Å². The van der Waals surface area contributed by atoms with Gasteiger partial charge in [-0.1, -0.05) is 23.7 Å². The topological polar surface area (TPSA) is 86.9 Å². The van der Waals surface area contributed by atoms with E-state index < -0.39 is 0 Å². The SMILES string of the molecule is COc1ccc(-c2ccnc3c2c(C)nn3CC(=O)NCCn2cc(Cl)cn2)cc1. The number of carbonyl (C=O) groups is 1. The molecule has 1 aromatic carbocycles. The van der Waals surface area contributed by atoms with Gasteiger partial charge in [0.25, 0.3) is 0 Å². The molecule has 4 aromatic rings. The maximum Gasteiger partial charge on any atom is 0.241 e. The molecule has 0 radical (unpaired) electrons. The van der Waals surface area contributed by atoms with Crippen molar-refractivity contribution in [3.05, 3.63) is 59.6 Å². The molecule has 0 fully saturated rings. The normalized spacial score (nSPS) is 11.0. The maximum atomic E-state index is 12.4. The Balaban J connectivity index is 1.51. The van der Waals surface area contributed by atoms with Crippen molar-refractivity contribution in [1.29, 1.82) is 0 Å². The molecule has 0 aliphatic rings. The van der Waals surface area contributed by atoms with Gasteiger partial charge in [0, 0.05) is 24.3 Å². The van der Waals surface area contributed by atoms with Crippen LogP contribution in [0.5, 0.6) is 5.75 Å². The molecule has 1 amide bonds. The van der Waals surface area contributed by atoms with Crippen LogP contribution in [0.3, 0.4) is 0 Å². The molecular weight excluding hydrogens is 404 g/mol. The third-order valence-electron chi connectivity index (χ3n) is 4.77. The molecule has 0 saturated carbocycles. The van der Waals surface area contributed by atoms with Gasteiger partial charge in [0.05, 0.1) is 30.6 Å². The van der Waals surface area contributed by atoms with Crippen LogP contribution in [0.1, 0.15) is 5.69 Å². The number of hydrogen-bond donors (Lipinski definition) is 1. The quantitative estimate of drug-likeness (QED) is 0.492. The standard InChI is InChI=1S/C21H21ClN6O2/c1-14-20-18(15-3-5-17(30-2)6-4-15)7-8-24-21(20)28(26-14)13-19(29)23-9-10-27-12-16(22)11-25-27/h3-8,11-12H,9-10,13H2,1-2H3,(H,23,29). The zero-order valence-electron chi connectivity index (χ0n) is 16.7. The lowest BCUT2D eigenvalue weighted by Gasteiger charge is -2.07. The van der Waals surface area contributed by atoms with Gasteiger partial charge in [-0.15, -0.1) is 0 Å². The van der Waals surface area contributed by atoms with E-state index in [0.29, 0.717) is 23.8 Å². The van der Waals surface area contributed by atoms with Crippen molar-refractivity contribution in [2.45, 2.75) is 20.0 Å². The number of rotatable bonds is 7. The number of ether oxygens (including phenoxy) is 1. The molecule has 154 valence electrons. The number of amides is 1. The van der Waals surface area contributed by atoms with E-state index >= 15 is 0 Å². The summed E-state index contributed by atoms with van der Waals surface area (Å²) in [7, 11) is 1.64. The number of nitrogens with zero attached hydrogens (tertiary/aromatic N) is 5. The summed E-state index contributed by atoms with van der Waals surface area (Å²) in [4.78, 5) is 16.9. The Morgan fingerprint density at radius 2 is 2.03 bits per heavy atom. The number of methoxy groups -OCH3 is 1. The van der Waals surface area contributed by atoms with E-state index in [2.05, 4.69) is 20.5 Å². The lowest BCUT2D eigenvalue weighted by atomic mass is 10.0. The molecule has 0 spiro atoms. The molecule has 0 atom stereocenters. The van der Waals surface area contributed by atoms with E-state index in [0.717, 1.165) is 28.0 Å². The number of aromatic nitrogens is 5. The molecule has 0 aliphatic heterocycles. The van der Waals surface area contributed by atoms with Crippen LogP contribution >= 0.6 is 11.6 Å². The van der Waals surface area contributed by atoms with E-state index in [4.69, 9.17) is 16.3 Å². The van der Waals surface area contributed by atoms with Crippen molar-refractivity contribution < 1.29 is 9.53 Å². The zero-order valence-corrected chi connectivity index (χ0v) is 17.4. The predicted octanol–water partition coefficient (Wildman–Crippen LogP) is 3.08. The number of fused-ring (bicyclic) bond motifs is 1. The lowest BCUT2D eigenvalue weighted by Crippen LogP contribution is -2.31. The Morgan fingerprint density at radius 3 is 2.73 bits per heavy atom. The average Bonchev–Trinajstić information content (AvgIpc) is 3.31. The van der Waals surface area contributed by atoms with Crippen molar-refractivity contribution in [1.82, 2.24) is 29.9 Å². The number of nitrogens with one attached hydrogen (secondary N) is 1. The highest BCUT2D eigenvalue weighted by molar-refractivity contribution is 6.30. The zero-order chi connectivity index (χ0) is 21.1. The molecule has 0 bridgehead atoms. The minimum absolute atomic E-state index is 0.0866. The molecular formula is C21H21ClN6O2. The Morgan fingerprint density at radius 1 is 1.23 bits per heavy atom. The Hall–Kier alpha value is -3.39. The molecule has 3 heterocycles. The average molecular weight is 425 g/mol. The highest BCUT2D eigenvalue weighted by Crippen LogP contribution is 2.30. The van der Waals surface area contributed by atoms with Crippen molar-refractivity contribution >= 4 is 28.5 Å². The number of aryl methyl sites for hydroxylation is 1. The molecule has 0 unspecified atom stereocenters. The van der Waals surface area contributed by atoms with Gasteiger partial charge in [-0.05, 0) is 36.2 Å². The molecule has 3 aromatic heterocycles. The summed E-state index contributed by atoms with van der Waals surface area (Å²) in [5.74, 6) is 0.653. The summed E-state index contributed by atoms with van der Waals surface area (Å²) >= 11 is 5.84. The second-order valence-electron chi connectivity index (χ2n) is 6.80. The van der Waals surface area contributed by atoms with E-state index in [1.54, 1.807) is 35.1 Å². The van der Waals surface area contributed by atoms with Crippen molar-refractivity contribution in [2.75, 3.05) is 13.7 Å². The molecule has 0 saturated heterocycles. The largest absolute Gasteiger partial charge is 0.497 e. The smallest absolute Gasteiger partial charge is 0.241 e. The third kappa shape index (κ3) is 4.13. The highest BCUT2D eigenvalue weighted by Gasteiger charge is 2.16. The van der Waals surface area contributed by atoms with Gasteiger partial charge < -0.3 is 10.1 Å². The first-order valence-electron chi connectivity index (χ1n) is 9.46. The molecule has 4 rings (SSSR count).